The normalized spacial score (nSPS) is 14.1. The molecule has 0 spiro atoms. The Morgan fingerprint density at radius 1 is 1.21 bits per heavy atom. The fraction of sp³-hybridized carbons (Fsp3) is 0.143. The van der Waals surface area contributed by atoms with Crippen molar-refractivity contribution in [1.29, 1.82) is 5.41 Å². The minimum absolute atomic E-state index is 0.108. The van der Waals surface area contributed by atoms with Crippen LogP contribution in [-0.2, 0) is 0 Å². The molecule has 3 aromatic rings. The fourth-order valence-electron chi connectivity index (χ4n) is 3.13. The van der Waals surface area contributed by atoms with Crippen LogP contribution in [0.2, 0.25) is 5.02 Å². The molecule has 2 aromatic carbocycles. The number of amidine groups is 1. The van der Waals surface area contributed by atoms with Crippen molar-refractivity contribution in [3.8, 4) is 17.0 Å². The maximum absolute atomic E-state index is 10.6. The van der Waals surface area contributed by atoms with Gasteiger partial charge in [0.05, 0.1) is 30.6 Å². The molecule has 0 saturated heterocycles. The van der Waals surface area contributed by atoms with Crippen molar-refractivity contribution < 1.29 is 9.84 Å². The largest absolute Gasteiger partial charge is 0.510 e. The Morgan fingerprint density at radius 2 is 1.96 bits per heavy atom. The van der Waals surface area contributed by atoms with Crippen molar-refractivity contribution in [2.45, 2.75) is 6.92 Å². The van der Waals surface area contributed by atoms with E-state index in [1.807, 2.05) is 36.6 Å². The third-order valence-corrected chi connectivity index (χ3v) is 5.70. The molecular formula is C21H18ClN3O2S. The number of hydrogen-bond acceptors (Lipinski definition) is 5. The van der Waals surface area contributed by atoms with E-state index >= 15 is 0 Å². The summed E-state index contributed by atoms with van der Waals surface area (Å²) in [5.41, 5.74) is 4.09. The van der Waals surface area contributed by atoms with Crippen molar-refractivity contribution in [1.82, 2.24) is 4.98 Å². The van der Waals surface area contributed by atoms with Gasteiger partial charge in [0.25, 0.3) is 0 Å². The van der Waals surface area contributed by atoms with Crippen LogP contribution in [0.3, 0.4) is 0 Å². The summed E-state index contributed by atoms with van der Waals surface area (Å²) in [5, 5.41) is 22.3. The van der Waals surface area contributed by atoms with Gasteiger partial charge in [-0.05, 0) is 25.1 Å². The molecule has 0 amide bonds. The van der Waals surface area contributed by atoms with Gasteiger partial charge in [-0.15, -0.1) is 11.3 Å². The van der Waals surface area contributed by atoms with E-state index in [0.29, 0.717) is 27.0 Å². The van der Waals surface area contributed by atoms with Crippen LogP contribution in [0.25, 0.3) is 16.8 Å². The summed E-state index contributed by atoms with van der Waals surface area (Å²) < 4.78 is 5.40. The van der Waals surface area contributed by atoms with Crippen LogP contribution in [0, 0.1) is 12.3 Å². The first-order chi connectivity index (χ1) is 13.5. The van der Waals surface area contributed by atoms with E-state index < -0.39 is 0 Å². The van der Waals surface area contributed by atoms with Gasteiger partial charge in [-0.2, -0.15) is 0 Å². The molecule has 0 aliphatic carbocycles. The van der Waals surface area contributed by atoms with Gasteiger partial charge in [-0.25, -0.2) is 4.98 Å². The highest BCUT2D eigenvalue weighted by Gasteiger charge is 2.32. The van der Waals surface area contributed by atoms with Gasteiger partial charge in [0.2, 0.25) is 0 Å². The van der Waals surface area contributed by atoms with Crippen molar-refractivity contribution >= 4 is 40.0 Å². The number of aromatic nitrogens is 1. The first-order valence-electron chi connectivity index (χ1n) is 8.63. The lowest BCUT2D eigenvalue weighted by Crippen LogP contribution is -2.26. The van der Waals surface area contributed by atoms with Crippen LogP contribution in [0.15, 0.2) is 53.6 Å². The van der Waals surface area contributed by atoms with Gasteiger partial charge < -0.3 is 14.7 Å². The van der Waals surface area contributed by atoms with Gasteiger partial charge in [0.1, 0.15) is 22.4 Å². The van der Waals surface area contributed by atoms with Crippen LogP contribution >= 0.6 is 22.9 Å². The highest BCUT2D eigenvalue weighted by atomic mass is 35.5. The van der Waals surface area contributed by atoms with Crippen molar-refractivity contribution in [2.24, 2.45) is 0 Å². The van der Waals surface area contributed by atoms with E-state index in [2.05, 4.69) is 4.98 Å². The van der Waals surface area contributed by atoms with Gasteiger partial charge in [0, 0.05) is 16.0 Å². The van der Waals surface area contributed by atoms with Gasteiger partial charge in [0.15, 0.2) is 0 Å². The number of nitrogens with one attached hydrogen (secondary N) is 1. The smallest absolute Gasteiger partial charge is 0.142 e. The van der Waals surface area contributed by atoms with E-state index in [0.717, 1.165) is 11.3 Å². The lowest BCUT2D eigenvalue weighted by molar-refractivity contribution is 0.407. The van der Waals surface area contributed by atoms with Crippen LogP contribution in [0.5, 0.6) is 5.75 Å². The molecule has 4 rings (SSSR count). The number of aliphatic hydroxyl groups is 1. The van der Waals surface area contributed by atoms with Gasteiger partial charge >= 0.3 is 0 Å². The first-order valence-corrected chi connectivity index (χ1v) is 9.88. The molecule has 5 nitrogen and oxygen atoms in total. The molecule has 1 aromatic heterocycles. The maximum atomic E-state index is 10.6. The van der Waals surface area contributed by atoms with E-state index in [4.69, 9.17) is 21.7 Å². The predicted molar refractivity (Wildman–Crippen MR) is 115 cm³/mol. The van der Waals surface area contributed by atoms with Crippen molar-refractivity contribution in [2.75, 3.05) is 18.6 Å². The zero-order valence-corrected chi connectivity index (χ0v) is 16.9. The number of anilines is 1. The number of hydrogen-bond donors (Lipinski definition) is 2. The second-order valence-electron chi connectivity index (χ2n) is 6.48. The topological polar surface area (TPSA) is 69.4 Å². The van der Waals surface area contributed by atoms with Crippen LogP contribution in [0.4, 0.5) is 5.69 Å². The molecule has 0 bridgehead atoms. The molecule has 1 aliphatic rings. The number of benzene rings is 2. The standard InChI is InChI=1S/C21H18ClN3O2S/c1-12-3-5-13(6-4-12)15-11-28-21(24-15)19-17(26)10-25(20(19)23)16-9-14(22)7-8-18(16)27-2/h3-9,11,23,26H,10H2,1-2H3. The highest BCUT2D eigenvalue weighted by Crippen LogP contribution is 2.38. The number of ether oxygens (including phenoxy) is 1. The Labute approximate surface area is 172 Å². The summed E-state index contributed by atoms with van der Waals surface area (Å²) in [6.07, 6.45) is 0. The number of thiazole rings is 1. The van der Waals surface area contributed by atoms with Crippen molar-refractivity contribution in [3.05, 3.63) is 69.2 Å². The number of nitrogens with zero attached hydrogens (tertiary/aromatic N) is 2. The predicted octanol–water partition coefficient (Wildman–Crippen LogP) is 5.55. The highest BCUT2D eigenvalue weighted by molar-refractivity contribution is 7.11. The van der Waals surface area contributed by atoms with E-state index in [9.17, 15) is 5.11 Å². The second kappa shape index (κ2) is 7.30. The van der Waals surface area contributed by atoms with Gasteiger partial charge in [-0.3, -0.25) is 5.41 Å². The third-order valence-electron chi connectivity index (χ3n) is 4.60. The molecule has 0 unspecified atom stereocenters. The van der Waals surface area contributed by atoms with E-state index in [1.54, 1.807) is 30.2 Å². The lowest BCUT2D eigenvalue weighted by Gasteiger charge is -2.21. The quantitative estimate of drug-likeness (QED) is 0.590. The zero-order valence-electron chi connectivity index (χ0n) is 15.4. The third kappa shape index (κ3) is 3.25. The van der Waals surface area contributed by atoms with E-state index in [-0.39, 0.29) is 18.1 Å². The summed E-state index contributed by atoms with van der Waals surface area (Å²) in [4.78, 5) is 6.33. The van der Waals surface area contributed by atoms with Crippen molar-refractivity contribution in [3.63, 3.8) is 0 Å². The number of halogens is 1. The summed E-state index contributed by atoms with van der Waals surface area (Å²) in [7, 11) is 1.56. The Balaban J connectivity index is 1.67. The SMILES string of the molecule is COc1ccc(Cl)cc1N1CC(O)=C(c2nc(-c3ccc(C)cc3)cs2)C1=N. The Morgan fingerprint density at radius 3 is 2.68 bits per heavy atom. The van der Waals surface area contributed by atoms with Crippen LogP contribution in [-0.4, -0.2) is 29.6 Å². The molecule has 0 radical (unpaired) electrons. The van der Waals surface area contributed by atoms with E-state index in [1.165, 1.54) is 16.9 Å². The first kappa shape index (κ1) is 18.5. The van der Waals surface area contributed by atoms with Crippen LogP contribution in [0.1, 0.15) is 10.6 Å². The summed E-state index contributed by atoms with van der Waals surface area (Å²) in [5.74, 6) is 0.863. The summed E-state index contributed by atoms with van der Waals surface area (Å²) in [6, 6.07) is 13.3. The molecule has 0 fully saturated rings. The van der Waals surface area contributed by atoms with Gasteiger partial charge in [-0.1, -0.05) is 41.4 Å². The molecule has 2 N–H and O–H groups in total. The number of aryl methyl sites for hydroxylation is 1. The van der Waals surface area contributed by atoms with Crippen LogP contribution < -0.4 is 9.64 Å². The Bertz CT molecular complexity index is 1090. The molecule has 28 heavy (non-hydrogen) atoms. The Hall–Kier alpha value is -2.83. The minimum Gasteiger partial charge on any atom is -0.510 e. The summed E-state index contributed by atoms with van der Waals surface area (Å²) >= 11 is 7.54. The number of aliphatic hydroxyl groups excluding tert-OH is 1. The zero-order chi connectivity index (χ0) is 19.8. The molecule has 0 atom stereocenters. The molecule has 2 heterocycles. The number of rotatable bonds is 4. The summed E-state index contributed by atoms with van der Waals surface area (Å²) in [6.45, 7) is 2.21. The molecule has 142 valence electrons. The second-order valence-corrected chi connectivity index (χ2v) is 7.77. The monoisotopic (exact) mass is 411 g/mol. The average molecular weight is 412 g/mol. The minimum atomic E-state index is 0.108. The number of methoxy groups -OCH3 is 1. The average Bonchev–Trinajstić information content (AvgIpc) is 3.26. The molecule has 1 aliphatic heterocycles. The molecular weight excluding hydrogens is 394 g/mol. The molecule has 0 saturated carbocycles. The maximum Gasteiger partial charge on any atom is 0.142 e. The lowest BCUT2D eigenvalue weighted by atomic mass is 10.1. The Kier molecular flexibility index (Phi) is 4.83. The molecule has 7 heteroatoms. The fourth-order valence-corrected chi connectivity index (χ4v) is 4.19.